The predicted octanol–water partition coefficient (Wildman–Crippen LogP) is 3.59. The van der Waals surface area contributed by atoms with Gasteiger partial charge in [0.15, 0.2) is 0 Å². The monoisotopic (exact) mass is 221 g/mol. The van der Waals surface area contributed by atoms with E-state index in [1.807, 2.05) is 0 Å². The van der Waals surface area contributed by atoms with Gasteiger partial charge in [-0.3, -0.25) is 0 Å². The van der Waals surface area contributed by atoms with Gasteiger partial charge < -0.3 is 5.32 Å². The van der Waals surface area contributed by atoms with Crippen molar-refractivity contribution in [3.8, 4) is 12.3 Å². The standard InChI is InChI=1S/C15H27N/c1-6-13(7-2)16-14-10-8-12(9-11-14)15(3,4)5/h1,12-14,16H,7-11H2,2-5H3. The van der Waals surface area contributed by atoms with Crippen LogP contribution in [0.15, 0.2) is 0 Å². The van der Waals surface area contributed by atoms with Crippen molar-refractivity contribution in [2.75, 3.05) is 0 Å². The van der Waals surface area contributed by atoms with Gasteiger partial charge in [-0.15, -0.1) is 6.42 Å². The lowest BCUT2D eigenvalue weighted by atomic mass is 9.71. The highest BCUT2D eigenvalue weighted by molar-refractivity contribution is 4.99. The van der Waals surface area contributed by atoms with E-state index in [0.717, 1.165) is 12.3 Å². The molecular weight excluding hydrogens is 194 g/mol. The fourth-order valence-corrected chi connectivity index (χ4v) is 2.69. The average molecular weight is 221 g/mol. The van der Waals surface area contributed by atoms with Crippen molar-refractivity contribution in [3.63, 3.8) is 0 Å². The summed E-state index contributed by atoms with van der Waals surface area (Å²) in [6.45, 7) is 9.24. The van der Waals surface area contributed by atoms with Gasteiger partial charge in [-0.2, -0.15) is 0 Å². The molecule has 0 radical (unpaired) electrons. The van der Waals surface area contributed by atoms with Crippen molar-refractivity contribution in [2.45, 2.75) is 71.9 Å². The highest BCUT2D eigenvalue weighted by Crippen LogP contribution is 2.37. The molecule has 0 bridgehead atoms. The summed E-state index contributed by atoms with van der Waals surface area (Å²) < 4.78 is 0. The third-order valence-electron chi connectivity index (χ3n) is 4.00. The molecule has 16 heavy (non-hydrogen) atoms. The van der Waals surface area contributed by atoms with Gasteiger partial charge >= 0.3 is 0 Å². The minimum absolute atomic E-state index is 0.274. The van der Waals surface area contributed by atoms with Crippen LogP contribution in [0.4, 0.5) is 0 Å². The van der Waals surface area contributed by atoms with Crippen molar-refractivity contribution >= 4 is 0 Å². The molecule has 92 valence electrons. The van der Waals surface area contributed by atoms with E-state index in [2.05, 4.69) is 38.9 Å². The van der Waals surface area contributed by atoms with E-state index in [-0.39, 0.29) is 6.04 Å². The molecule has 1 heteroatoms. The molecule has 0 aromatic heterocycles. The summed E-state index contributed by atoms with van der Waals surface area (Å²) in [6.07, 6.45) is 11.8. The Bertz CT molecular complexity index is 235. The van der Waals surface area contributed by atoms with Crippen LogP contribution in [0.25, 0.3) is 0 Å². The summed E-state index contributed by atoms with van der Waals surface area (Å²) in [7, 11) is 0. The third-order valence-corrected chi connectivity index (χ3v) is 4.00. The molecule has 0 saturated heterocycles. The Morgan fingerprint density at radius 3 is 2.19 bits per heavy atom. The molecule has 1 atom stereocenters. The van der Waals surface area contributed by atoms with E-state index in [1.54, 1.807) is 0 Å². The number of hydrogen-bond donors (Lipinski definition) is 1. The Morgan fingerprint density at radius 2 is 1.81 bits per heavy atom. The van der Waals surface area contributed by atoms with E-state index in [1.165, 1.54) is 25.7 Å². The molecule has 0 aromatic rings. The Morgan fingerprint density at radius 1 is 1.25 bits per heavy atom. The fraction of sp³-hybridized carbons (Fsp3) is 0.867. The largest absolute Gasteiger partial charge is 0.301 e. The molecule has 1 aliphatic rings. The quantitative estimate of drug-likeness (QED) is 0.718. The molecule has 1 unspecified atom stereocenters. The molecular formula is C15H27N. The zero-order valence-electron chi connectivity index (χ0n) is 11.3. The molecule has 1 fully saturated rings. The van der Waals surface area contributed by atoms with Crippen molar-refractivity contribution in [3.05, 3.63) is 0 Å². The molecule has 0 aliphatic heterocycles. The Labute approximate surface area is 101 Å². The van der Waals surface area contributed by atoms with E-state index in [9.17, 15) is 0 Å². The van der Waals surface area contributed by atoms with Gasteiger partial charge in [-0.25, -0.2) is 0 Å². The lowest BCUT2D eigenvalue weighted by Crippen LogP contribution is -2.41. The smallest absolute Gasteiger partial charge is 0.0686 e. The molecule has 1 saturated carbocycles. The van der Waals surface area contributed by atoms with Gasteiger partial charge in [-0.05, 0) is 43.4 Å². The zero-order chi connectivity index (χ0) is 12.2. The SMILES string of the molecule is C#CC(CC)NC1CCC(C(C)(C)C)CC1. The second kappa shape index (κ2) is 5.73. The Hall–Kier alpha value is -0.480. The van der Waals surface area contributed by atoms with E-state index >= 15 is 0 Å². The summed E-state index contributed by atoms with van der Waals surface area (Å²) in [5.74, 6) is 3.71. The Balaban J connectivity index is 2.35. The maximum absolute atomic E-state index is 5.48. The minimum atomic E-state index is 0.274. The fourth-order valence-electron chi connectivity index (χ4n) is 2.69. The summed E-state index contributed by atoms with van der Waals surface area (Å²) in [4.78, 5) is 0. The third kappa shape index (κ3) is 3.83. The molecule has 1 rings (SSSR count). The molecule has 1 N–H and O–H groups in total. The van der Waals surface area contributed by atoms with Gasteiger partial charge in [-0.1, -0.05) is 33.6 Å². The zero-order valence-corrected chi connectivity index (χ0v) is 11.3. The van der Waals surface area contributed by atoms with Crippen LogP contribution in [-0.2, 0) is 0 Å². The first-order chi connectivity index (χ1) is 7.47. The first-order valence-electron chi connectivity index (χ1n) is 6.69. The molecule has 0 aromatic carbocycles. The molecule has 1 nitrogen and oxygen atoms in total. The molecule has 0 heterocycles. The first kappa shape index (κ1) is 13.6. The second-order valence-electron chi connectivity index (χ2n) is 6.21. The predicted molar refractivity (Wildman–Crippen MR) is 71.2 cm³/mol. The van der Waals surface area contributed by atoms with Crippen molar-refractivity contribution < 1.29 is 0 Å². The summed E-state index contributed by atoms with van der Waals surface area (Å²) >= 11 is 0. The van der Waals surface area contributed by atoms with Gasteiger partial charge in [0.05, 0.1) is 6.04 Å². The van der Waals surface area contributed by atoms with Crippen LogP contribution in [0.3, 0.4) is 0 Å². The maximum Gasteiger partial charge on any atom is 0.0686 e. The first-order valence-corrected chi connectivity index (χ1v) is 6.69. The van der Waals surface area contributed by atoms with E-state index in [0.29, 0.717) is 11.5 Å². The summed E-state index contributed by atoms with van der Waals surface area (Å²) in [5.41, 5.74) is 0.473. The molecule has 0 amide bonds. The van der Waals surface area contributed by atoms with Crippen LogP contribution in [-0.4, -0.2) is 12.1 Å². The van der Waals surface area contributed by atoms with Crippen molar-refractivity contribution in [1.29, 1.82) is 0 Å². The van der Waals surface area contributed by atoms with Gasteiger partial charge in [0.25, 0.3) is 0 Å². The van der Waals surface area contributed by atoms with Gasteiger partial charge in [0.1, 0.15) is 0 Å². The Kier molecular flexibility index (Phi) is 4.87. The number of nitrogens with one attached hydrogen (secondary N) is 1. The van der Waals surface area contributed by atoms with Crippen LogP contribution in [0.1, 0.15) is 59.8 Å². The van der Waals surface area contributed by atoms with Gasteiger partial charge in [0, 0.05) is 6.04 Å². The summed E-state index contributed by atoms with van der Waals surface area (Å²) in [6, 6.07) is 0.927. The topological polar surface area (TPSA) is 12.0 Å². The van der Waals surface area contributed by atoms with Crippen molar-refractivity contribution in [2.24, 2.45) is 11.3 Å². The lowest BCUT2D eigenvalue weighted by molar-refractivity contribution is 0.158. The van der Waals surface area contributed by atoms with Gasteiger partial charge in [0.2, 0.25) is 0 Å². The molecule has 1 aliphatic carbocycles. The average Bonchev–Trinajstić information content (AvgIpc) is 2.25. The van der Waals surface area contributed by atoms with E-state index < -0.39 is 0 Å². The van der Waals surface area contributed by atoms with Crippen LogP contribution in [0, 0.1) is 23.7 Å². The summed E-state index contributed by atoms with van der Waals surface area (Å²) in [5, 5.41) is 3.59. The lowest BCUT2D eigenvalue weighted by Gasteiger charge is -2.37. The highest BCUT2D eigenvalue weighted by Gasteiger charge is 2.29. The number of rotatable bonds is 3. The number of hydrogen-bond acceptors (Lipinski definition) is 1. The number of terminal acetylenes is 1. The van der Waals surface area contributed by atoms with Crippen molar-refractivity contribution in [1.82, 2.24) is 5.32 Å². The van der Waals surface area contributed by atoms with Crippen LogP contribution >= 0.6 is 0 Å². The normalized spacial score (nSPS) is 28.4. The highest BCUT2D eigenvalue weighted by atomic mass is 14.9. The van der Waals surface area contributed by atoms with E-state index in [4.69, 9.17) is 6.42 Å². The minimum Gasteiger partial charge on any atom is -0.301 e. The van der Waals surface area contributed by atoms with Crippen LogP contribution in [0.5, 0.6) is 0 Å². The van der Waals surface area contributed by atoms with Crippen LogP contribution < -0.4 is 5.32 Å². The van der Waals surface area contributed by atoms with Crippen LogP contribution in [0.2, 0.25) is 0 Å². The second-order valence-corrected chi connectivity index (χ2v) is 6.21. The maximum atomic E-state index is 5.48. The molecule has 0 spiro atoms.